The third-order valence-corrected chi connectivity index (χ3v) is 4.21. The van der Waals surface area contributed by atoms with Crippen LogP contribution in [0.3, 0.4) is 0 Å². The van der Waals surface area contributed by atoms with Gasteiger partial charge in [-0.05, 0) is 30.2 Å². The summed E-state index contributed by atoms with van der Waals surface area (Å²) in [6, 6.07) is 11.7. The number of rotatable bonds is 3. The van der Waals surface area contributed by atoms with E-state index in [0.717, 1.165) is 28.2 Å². The smallest absolute Gasteiger partial charge is 0.125 e. The van der Waals surface area contributed by atoms with Crippen molar-refractivity contribution >= 4 is 11.3 Å². The van der Waals surface area contributed by atoms with Crippen molar-refractivity contribution in [2.45, 2.75) is 13.3 Å². The minimum absolute atomic E-state index is 0.662. The summed E-state index contributed by atoms with van der Waals surface area (Å²) in [5.41, 5.74) is 4.98. The zero-order valence-corrected chi connectivity index (χ0v) is 12.4. The van der Waals surface area contributed by atoms with Crippen LogP contribution in [0.5, 0.6) is 0 Å². The van der Waals surface area contributed by atoms with Gasteiger partial charge in [-0.1, -0.05) is 19.1 Å². The molecule has 0 aliphatic heterocycles. The van der Waals surface area contributed by atoms with Crippen LogP contribution in [-0.4, -0.2) is 9.97 Å². The van der Waals surface area contributed by atoms with Crippen molar-refractivity contribution < 1.29 is 0 Å². The van der Waals surface area contributed by atoms with Crippen LogP contribution in [0.15, 0.2) is 48.1 Å². The number of hydrogen-bond donors (Lipinski definition) is 0. The van der Waals surface area contributed by atoms with Gasteiger partial charge in [0.1, 0.15) is 5.01 Å². The van der Waals surface area contributed by atoms with E-state index in [4.69, 9.17) is 10.2 Å². The number of hydrogen-bond acceptors (Lipinski definition) is 4. The molecular formula is C17H13N3S. The molecule has 3 aromatic rings. The van der Waals surface area contributed by atoms with E-state index in [9.17, 15) is 0 Å². The second kappa shape index (κ2) is 5.86. The van der Waals surface area contributed by atoms with Gasteiger partial charge in [0.05, 0.1) is 17.3 Å². The van der Waals surface area contributed by atoms with Crippen LogP contribution in [-0.2, 0) is 6.42 Å². The largest absolute Gasteiger partial charge is 0.264 e. The standard InChI is InChI=1S/C17H13N3S/c1-2-13-7-8-19-10-15(13)17-20-16(11-21-17)14-5-3-12(9-18)4-6-14/h3-8,10-11H,2H2,1H3. The summed E-state index contributed by atoms with van der Waals surface area (Å²) >= 11 is 1.62. The van der Waals surface area contributed by atoms with Gasteiger partial charge in [0.15, 0.2) is 0 Å². The summed E-state index contributed by atoms with van der Waals surface area (Å²) in [5, 5.41) is 11.9. The second-order valence-corrected chi connectivity index (χ2v) is 5.47. The van der Waals surface area contributed by atoms with E-state index in [2.05, 4.69) is 18.0 Å². The van der Waals surface area contributed by atoms with Crippen molar-refractivity contribution in [2.24, 2.45) is 0 Å². The number of nitriles is 1. The molecule has 0 bridgehead atoms. The molecule has 21 heavy (non-hydrogen) atoms. The van der Waals surface area contributed by atoms with Gasteiger partial charge in [0, 0.05) is 28.9 Å². The van der Waals surface area contributed by atoms with E-state index >= 15 is 0 Å². The summed E-state index contributed by atoms with van der Waals surface area (Å²) < 4.78 is 0. The lowest BCUT2D eigenvalue weighted by molar-refractivity contribution is 1.12. The monoisotopic (exact) mass is 291 g/mol. The Morgan fingerprint density at radius 1 is 1.19 bits per heavy atom. The fraction of sp³-hybridized carbons (Fsp3) is 0.118. The number of aryl methyl sites for hydroxylation is 1. The Labute approximate surface area is 127 Å². The van der Waals surface area contributed by atoms with Gasteiger partial charge in [-0.25, -0.2) is 4.98 Å². The van der Waals surface area contributed by atoms with E-state index in [0.29, 0.717) is 5.56 Å². The highest BCUT2D eigenvalue weighted by Gasteiger charge is 2.10. The van der Waals surface area contributed by atoms with Crippen LogP contribution in [0.25, 0.3) is 21.8 Å². The SMILES string of the molecule is CCc1ccncc1-c1nc(-c2ccc(C#N)cc2)cs1. The topological polar surface area (TPSA) is 49.6 Å². The molecular weight excluding hydrogens is 278 g/mol. The van der Waals surface area contributed by atoms with Crippen LogP contribution in [0, 0.1) is 11.3 Å². The predicted octanol–water partition coefficient (Wildman–Crippen LogP) is 4.31. The maximum absolute atomic E-state index is 8.84. The summed E-state index contributed by atoms with van der Waals surface area (Å²) in [6.07, 6.45) is 4.65. The lowest BCUT2D eigenvalue weighted by Gasteiger charge is -2.02. The molecule has 2 heterocycles. The molecule has 0 N–H and O–H groups in total. The van der Waals surface area contributed by atoms with Crippen LogP contribution in [0.2, 0.25) is 0 Å². The molecule has 1 aromatic carbocycles. The summed E-state index contributed by atoms with van der Waals surface area (Å²) in [6.45, 7) is 2.13. The fourth-order valence-corrected chi connectivity index (χ4v) is 3.04. The number of aromatic nitrogens is 2. The Morgan fingerprint density at radius 3 is 2.71 bits per heavy atom. The molecule has 0 amide bonds. The van der Waals surface area contributed by atoms with Crippen LogP contribution >= 0.6 is 11.3 Å². The van der Waals surface area contributed by atoms with Gasteiger partial charge >= 0.3 is 0 Å². The fourth-order valence-electron chi connectivity index (χ4n) is 2.17. The highest BCUT2D eigenvalue weighted by atomic mass is 32.1. The molecule has 2 aromatic heterocycles. The highest BCUT2D eigenvalue weighted by Crippen LogP contribution is 2.30. The summed E-state index contributed by atoms with van der Waals surface area (Å²) in [7, 11) is 0. The van der Waals surface area contributed by atoms with E-state index in [1.807, 2.05) is 48.1 Å². The molecule has 0 saturated heterocycles. The average molecular weight is 291 g/mol. The molecule has 4 heteroatoms. The Bertz CT molecular complexity index is 797. The number of thiazole rings is 1. The second-order valence-electron chi connectivity index (χ2n) is 4.61. The molecule has 0 aliphatic carbocycles. The van der Waals surface area contributed by atoms with Crippen molar-refractivity contribution in [3.63, 3.8) is 0 Å². The number of nitrogens with zero attached hydrogens (tertiary/aromatic N) is 3. The molecule has 102 valence electrons. The van der Waals surface area contributed by atoms with Crippen molar-refractivity contribution in [1.29, 1.82) is 5.26 Å². The van der Waals surface area contributed by atoms with E-state index in [1.54, 1.807) is 11.3 Å². The van der Waals surface area contributed by atoms with Crippen molar-refractivity contribution in [2.75, 3.05) is 0 Å². The maximum Gasteiger partial charge on any atom is 0.125 e. The van der Waals surface area contributed by atoms with Crippen molar-refractivity contribution in [3.8, 4) is 27.9 Å². The average Bonchev–Trinajstić information content (AvgIpc) is 3.04. The van der Waals surface area contributed by atoms with Crippen molar-refractivity contribution in [1.82, 2.24) is 9.97 Å². The highest BCUT2D eigenvalue weighted by molar-refractivity contribution is 7.13. The Balaban J connectivity index is 1.98. The van der Waals surface area contributed by atoms with Gasteiger partial charge in [0.25, 0.3) is 0 Å². The minimum Gasteiger partial charge on any atom is -0.264 e. The van der Waals surface area contributed by atoms with Gasteiger partial charge in [-0.3, -0.25) is 4.98 Å². The Morgan fingerprint density at radius 2 is 2.00 bits per heavy atom. The third-order valence-electron chi connectivity index (χ3n) is 3.34. The first-order valence-corrected chi connectivity index (χ1v) is 7.59. The number of benzene rings is 1. The molecule has 0 spiro atoms. The quantitative estimate of drug-likeness (QED) is 0.722. The summed E-state index contributed by atoms with van der Waals surface area (Å²) in [4.78, 5) is 8.92. The number of pyridine rings is 1. The van der Waals surface area contributed by atoms with E-state index in [1.165, 1.54) is 5.56 Å². The normalized spacial score (nSPS) is 10.3. The molecule has 0 atom stereocenters. The van der Waals surface area contributed by atoms with Crippen LogP contribution in [0.4, 0.5) is 0 Å². The molecule has 0 radical (unpaired) electrons. The summed E-state index contributed by atoms with van der Waals surface area (Å²) in [5.74, 6) is 0. The van der Waals surface area contributed by atoms with Crippen LogP contribution in [0.1, 0.15) is 18.1 Å². The van der Waals surface area contributed by atoms with E-state index < -0.39 is 0 Å². The maximum atomic E-state index is 8.84. The third kappa shape index (κ3) is 2.69. The zero-order valence-electron chi connectivity index (χ0n) is 11.6. The molecule has 3 rings (SSSR count). The van der Waals surface area contributed by atoms with Gasteiger partial charge in [-0.2, -0.15) is 5.26 Å². The van der Waals surface area contributed by atoms with E-state index in [-0.39, 0.29) is 0 Å². The molecule has 3 nitrogen and oxygen atoms in total. The molecule has 0 aliphatic rings. The minimum atomic E-state index is 0.662. The lowest BCUT2D eigenvalue weighted by atomic mass is 10.1. The molecule has 0 unspecified atom stereocenters. The first kappa shape index (κ1) is 13.5. The van der Waals surface area contributed by atoms with Gasteiger partial charge in [-0.15, -0.1) is 11.3 Å². The Hall–Kier alpha value is -2.51. The molecule has 0 fully saturated rings. The van der Waals surface area contributed by atoms with Crippen LogP contribution < -0.4 is 0 Å². The predicted molar refractivity (Wildman–Crippen MR) is 84.9 cm³/mol. The van der Waals surface area contributed by atoms with Gasteiger partial charge < -0.3 is 0 Å². The first-order chi connectivity index (χ1) is 10.3. The Kier molecular flexibility index (Phi) is 3.76. The van der Waals surface area contributed by atoms with Crippen molar-refractivity contribution in [3.05, 3.63) is 59.2 Å². The van der Waals surface area contributed by atoms with Gasteiger partial charge in [0.2, 0.25) is 0 Å². The first-order valence-electron chi connectivity index (χ1n) is 6.71. The zero-order chi connectivity index (χ0) is 14.7. The lowest BCUT2D eigenvalue weighted by Crippen LogP contribution is -1.88. The molecule has 0 saturated carbocycles.